The van der Waals surface area contributed by atoms with E-state index < -0.39 is 30.2 Å². The number of phenolic OH excluding ortho intramolecular Hbond substituents is 2. The van der Waals surface area contributed by atoms with Crippen molar-refractivity contribution in [1.82, 2.24) is 0 Å². The Morgan fingerprint density at radius 2 is 1.73 bits per heavy atom. The van der Waals surface area contributed by atoms with Crippen LogP contribution in [0, 0.1) is 0 Å². The molecule has 0 radical (unpaired) electrons. The fraction of sp³-hybridized carbons (Fsp3) is 0.467. The lowest BCUT2D eigenvalue weighted by Gasteiger charge is -2.22. The zero-order chi connectivity index (χ0) is 16.9. The number of aromatic hydroxyl groups is 2. The molecule has 7 nitrogen and oxygen atoms in total. The monoisotopic (exact) mass is 311 g/mol. The van der Waals surface area contributed by atoms with Crippen LogP contribution in [0.2, 0.25) is 0 Å². The molecule has 3 atom stereocenters. The molecule has 0 unspecified atom stereocenters. The third-order valence-corrected chi connectivity index (χ3v) is 3.11. The van der Waals surface area contributed by atoms with Gasteiger partial charge in [-0.25, -0.2) is 0 Å². The zero-order valence-corrected chi connectivity index (χ0v) is 12.8. The predicted octanol–water partition coefficient (Wildman–Crippen LogP) is 0.851. The summed E-state index contributed by atoms with van der Waals surface area (Å²) in [6.45, 7) is 4.49. The molecular weight excluding hydrogens is 290 g/mol. The second-order valence-corrected chi connectivity index (χ2v) is 5.09. The number of carbonyl (C=O) groups excluding carboxylic acids is 2. The average Bonchev–Trinajstić information content (AvgIpc) is 2.41. The van der Waals surface area contributed by atoms with Crippen LogP contribution in [0.4, 0.5) is 0 Å². The number of esters is 2. The van der Waals surface area contributed by atoms with E-state index in [9.17, 15) is 19.8 Å². The van der Waals surface area contributed by atoms with Gasteiger partial charge < -0.3 is 25.4 Å². The Hall–Kier alpha value is -2.28. The first kappa shape index (κ1) is 17.8. The van der Waals surface area contributed by atoms with Crippen LogP contribution < -0.4 is 5.73 Å². The summed E-state index contributed by atoms with van der Waals surface area (Å²) in [4.78, 5) is 22.7. The maximum Gasteiger partial charge on any atom is 0.323 e. The van der Waals surface area contributed by atoms with Crippen molar-refractivity contribution >= 4 is 11.9 Å². The smallest absolute Gasteiger partial charge is 0.323 e. The number of nitrogens with two attached hydrogens (primary N) is 1. The van der Waals surface area contributed by atoms with Gasteiger partial charge in [0.25, 0.3) is 0 Å². The normalized spacial score (nSPS) is 14.7. The fourth-order valence-electron chi connectivity index (χ4n) is 1.76. The molecule has 0 aliphatic heterocycles. The van der Waals surface area contributed by atoms with Crippen molar-refractivity contribution in [3.63, 3.8) is 0 Å². The van der Waals surface area contributed by atoms with Crippen molar-refractivity contribution in [3.05, 3.63) is 23.8 Å². The van der Waals surface area contributed by atoms with Crippen molar-refractivity contribution in [3.8, 4) is 11.5 Å². The third kappa shape index (κ3) is 5.25. The number of hydrogen-bond donors (Lipinski definition) is 3. The van der Waals surface area contributed by atoms with E-state index in [1.165, 1.54) is 19.1 Å². The van der Waals surface area contributed by atoms with Crippen LogP contribution in [0.15, 0.2) is 18.2 Å². The minimum Gasteiger partial charge on any atom is -0.504 e. The molecule has 7 heteroatoms. The molecule has 22 heavy (non-hydrogen) atoms. The van der Waals surface area contributed by atoms with Gasteiger partial charge in [-0.3, -0.25) is 9.59 Å². The summed E-state index contributed by atoms with van der Waals surface area (Å²) < 4.78 is 10.1. The summed E-state index contributed by atoms with van der Waals surface area (Å²) in [5, 5.41) is 18.6. The van der Waals surface area contributed by atoms with Crippen molar-refractivity contribution in [1.29, 1.82) is 0 Å². The van der Waals surface area contributed by atoms with Gasteiger partial charge in [0.15, 0.2) is 11.5 Å². The first-order chi connectivity index (χ1) is 10.2. The molecule has 0 saturated carbocycles. The lowest BCUT2D eigenvalue weighted by Crippen LogP contribution is -2.39. The summed E-state index contributed by atoms with van der Waals surface area (Å²) in [6, 6.07) is 3.25. The molecule has 0 amide bonds. The molecule has 0 aromatic heterocycles. The summed E-state index contributed by atoms with van der Waals surface area (Å²) >= 11 is 0. The van der Waals surface area contributed by atoms with E-state index in [1.54, 1.807) is 19.9 Å². The highest BCUT2D eigenvalue weighted by molar-refractivity contribution is 5.76. The summed E-state index contributed by atoms with van der Waals surface area (Å²) in [5.74, 6) is -1.63. The molecule has 0 aliphatic rings. The minimum atomic E-state index is -0.934. The molecular formula is C15H21NO6. The van der Waals surface area contributed by atoms with Gasteiger partial charge in [-0.2, -0.15) is 0 Å². The molecule has 0 heterocycles. The van der Waals surface area contributed by atoms with Crippen molar-refractivity contribution in [2.75, 3.05) is 0 Å². The average molecular weight is 311 g/mol. The van der Waals surface area contributed by atoms with Crippen LogP contribution >= 0.6 is 0 Å². The van der Waals surface area contributed by atoms with Crippen LogP contribution in [0.5, 0.6) is 11.5 Å². The van der Waals surface area contributed by atoms with Crippen molar-refractivity contribution < 1.29 is 29.3 Å². The molecule has 1 aromatic carbocycles. The highest BCUT2D eigenvalue weighted by Gasteiger charge is 2.23. The van der Waals surface area contributed by atoms with Crippen LogP contribution in [0.1, 0.15) is 26.3 Å². The molecule has 0 spiro atoms. The van der Waals surface area contributed by atoms with Gasteiger partial charge in [0.1, 0.15) is 18.2 Å². The number of hydrogen-bond acceptors (Lipinski definition) is 7. The van der Waals surface area contributed by atoms with Gasteiger partial charge in [-0.1, -0.05) is 6.07 Å². The number of rotatable bonds is 6. The number of benzene rings is 1. The van der Waals surface area contributed by atoms with Gasteiger partial charge >= 0.3 is 11.9 Å². The zero-order valence-electron chi connectivity index (χ0n) is 12.8. The Morgan fingerprint density at radius 1 is 1.14 bits per heavy atom. The van der Waals surface area contributed by atoms with Crippen LogP contribution in [0.3, 0.4) is 0 Å². The highest BCUT2D eigenvalue weighted by Crippen LogP contribution is 2.25. The van der Waals surface area contributed by atoms with E-state index in [2.05, 4.69) is 0 Å². The predicted molar refractivity (Wildman–Crippen MR) is 78.2 cm³/mol. The van der Waals surface area contributed by atoms with Crippen LogP contribution in [-0.2, 0) is 25.5 Å². The van der Waals surface area contributed by atoms with Crippen LogP contribution in [-0.4, -0.2) is 40.4 Å². The van der Waals surface area contributed by atoms with E-state index in [-0.39, 0.29) is 17.9 Å². The Labute approximate surface area is 128 Å². The second kappa shape index (κ2) is 7.65. The van der Waals surface area contributed by atoms with Gasteiger partial charge in [-0.15, -0.1) is 0 Å². The molecule has 0 saturated heterocycles. The fourth-order valence-corrected chi connectivity index (χ4v) is 1.76. The number of ether oxygens (including phenoxy) is 2. The van der Waals surface area contributed by atoms with Gasteiger partial charge in [-0.05, 0) is 38.0 Å². The number of phenols is 2. The molecule has 122 valence electrons. The quantitative estimate of drug-likeness (QED) is 0.526. The summed E-state index contributed by atoms with van der Waals surface area (Å²) in [5.41, 5.74) is 6.34. The molecule has 0 fully saturated rings. The summed E-state index contributed by atoms with van der Waals surface area (Å²) in [7, 11) is 0. The highest BCUT2D eigenvalue weighted by atomic mass is 16.6. The van der Waals surface area contributed by atoms with Gasteiger partial charge in [0, 0.05) is 6.92 Å². The molecule has 1 rings (SSSR count). The van der Waals surface area contributed by atoms with Gasteiger partial charge in [0.05, 0.1) is 0 Å². The first-order valence-corrected chi connectivity index (χ1v) is 6.84. The Morgan fingerprint density at radius 3 is 2.27 bits per heavy atom. The van der Waals surface area contributed by atoms with Crippen molar-refractivity contribution in [2.24, 2.45) is 5.73 Å². The maximum absolute atomic E-state index is 11.9. The standard InChI is InChI=1S/C15H21NO6/c1-8(21-10(3)17)9(2)22-15(20)12(16)6-11-4-5-13(18)14(19)7-11/h4-5,7-9,12,18-19H,6,16H2,1-3H3/t8-,9+,12+/m1/s1. The van der Waals surface area contributed by atoms with Crippen molar-refractivity contribution in [2.45, 2.75) is 45.4 Å². The summed E-state index contributed by atoms with van der Waals surface area (Å²) in [6.07, 6.45) is -1.07. The van der Waals surface area contributed by atoms with Crippen LogP contribution in [0.25, 0.3) is 0 Å². The number of carbonyl (C=O) groups is 2. The second-order valence-electron chi connectivity index (χ2n) is 5.09. The largest absolute Gasteiger partial charge is 0.504 e. The Balaban J connectivity index is 2.57. The lowest BCUT2D eigenvalue weighted by molar-refractivity contribution is -0.164. The first-order valence-electron chi connectivity index (χ1n) is 6.84. The van der Waals surface area contributed by atoms with E-state index in [4.69, 9.17) is 15.2 Å². The van der Waals surface area contributed by atoms with E-state index in [0.717, 1.165) is 0 Å². The third-order valence-electron chi connectivity index (χ3n) is 3.11. The molecule has 4 N–H and O–H groups in total. The Kier molecular flexibility index (Phi) is 6.18. The minimum absolute atomic E-state index is 0.140. The maximum atomic E-state index is 11.9. The van der Waals surface area contributed by atoms with E-state index in [1.807, 2.05) is 0 Å². The molecule has 1 aromatic rings. The van der Waals surface area contributed by atoms with E-state index >= 15 is 0 Å². The SMILES string of the molecule is CC(=O)O[C@H](C)[C@H](C)OC(=O)[C@@H](N)Cc1ccc(O)c(O)c1. The van der Waals surface area contributed by atoms with Gasteiger partial charge in [0.2, 0.25) is 0 Å². The molecule has 0 bridgehead atoms. The lowest BCUT2D eigenvalue weighted by atomic mass is 10.1. The van der Waals surface area contributed by atoms with E-state index in [0.29, 0.717) is 5.56 Å². The topological polar surface area (TPSA) is 119 Å². The molecule has 0 aliphatic carbocycles. The Bertz CT molecular complexity index is 545.